The first-order valence-electron chi connectivity index (χ1n) is 8.13. The summed E-state index contributed by atoms with van der Waals surface area (Å²) < 4.78 is 8.45. The Hall–Kier alpha value is -3.48. The van der Waals surface area contributed by atoms with E-state index in [1.807, 2.05) is 30.5 Å². The van der Waals surface area contributed by atoms with Crippen LogP contribution >= 0.6 is 0 Å². The van der Waals surface area contributed by atoms with Crippen molar-refractivity contribution in [2.24, 2.45) is 0 Å². The van der Waals surface area contributed by atoms with Crippen LogP contribution < -0.4 is 10.3 Å². The highest BCUT2D eigenvalue weighted by Crippen LogP contribution is 2.26. The van der Waals surface area contributed by atoms with Gasteiger partial charge in [0.1, 0.15) is 0 Å². The average Bonchev–Trinajstić information content (AvgIpc) is 2.94. The smallest absolute Gasteiger partial charge is 0.282 e. The summed E-state index contributed by atoms with van der Waals surface area (Å²) in [6.07, 6.45) is 5.07. The minimum absolute atomic E-state index is 0.193. The molecule has 0 atom stereocenters. The third-order valence-corrected chi connectivity index (χ3v) is 4.45. The van der Waals surface area contributed by atoms with Gasteiger partial charge in [-0.05, 0) is 32.0 Å². The van der Waals surface area contributed by atoms with Crippen LogP contribution in [0.25, 0.3) is 22.3 Å². The zero-order valence-electron chi connectivity index (χ0n) is 14.7. The van der Waals surface area contributed by atoms with Crippen LogP contribution in [0.2, 0.25) is 0 Å². The van der Waals surface area contributed by atoms with E-state index in [0.29, 0.717) is 17.1 Å². The number of aromatic nitrogens is 5. The van der Waals surface area contributed by atoms with E-state index in [-0.39, 0.29) is 5.56 Å². The zero-order chi connectivity index (χ0) is 18.3. The Morgan fingerprint density at radius 3 is 2.50 bits per heavy atom. The number of rotatable bonds is 3. The largest absolute Gasteiger partial charge is 0.481 e. The Bertz CT molecular complexity index is 1140. The second-order valence-electron chi connectivity index (χ2n) is 5.90. The zero-order valence-corrected chi connectivity index (χ0v) is 14.7. The van der Waals surface area contributed by atoms with Gasteiger partial charge in [0, 0.05) is 29.0 Å². The highest BCUT2D eigenvalue weighted by Gasteiger charge is 2.18. The second kappa shape index (κ2) is 6.11. The molecule has 4 aromatic heterocycles. The van der Waals surface area contributed by atoms with Gasteiger partial charge >= 0.3 is 0 Å². The lowest BCUT2D eigenvalue weighted by atomic mass is 10.2. The monoisotopic (exact) mass is 347 g/mol. The van der Waals surface area contributed by atoms with E-state index in [0.717, 1.165) is 22.5 Å². The van der Waals surface area contributed by atoms with Gasteiger partial charge in [0.25, 0.3) is 5.56 Å². The summed E-state index contributed by atoms with van der Waals surface area (Å²) in [6, 6.07) is 9.09. The number of hydrogen-bond acceptors (Lipinski definition) is 5. The summed E-state index contributed by atoms with van der Waals surface area (Å²) in [5, 5.41) is 5.75. The van der Waals surface area contributed by atoms with E-state index in [9.17, 15) is 4.79 Å². The van der Waals surface area contributed by atoms with Crippen molar-refractivity contribution in [1.82, 2.24) is 24.3 Å². The Morgan fingerprint density at radius 1 is 1.00 bits per heavy atom. The number of pyridine rings is 2. The van der Waals surface area contributed by atoms with Crippen molar-refractivity contribution in [2.75, 3.05) is 7.11 Å². The first kappa shape index (κ1) is 16.0. The predicted molar refractivity (Wildman–Crippen MR) is 98.3 cm³/mol. The Balaban J connectivity index is 1.97. The van der Waals surface area contributed by atoms with E-state index < -0.39 is 0 Å². The lowest BCUT2D eigenvalue weighted by molar-refractivity contribution is 0.398. The molecular weight excluding hydrogens is 330 g/mol. The quantitative estimate of drug-likeness (QED) is 0.569. The van der Waals surface area contributed by atoms with Crippen LogP contribution in [0, 0.1) is 13.8 Å². The lowest BCUT2D eigenvalue weighted by Crippen LogP contribution is -2.21. The van der Waals surface area contributed by atoms with Gasteiger partial charge in [-0.2, -0.15) is 9.78 Å². The van der Waals surface area contributed by atoms with Crippen molar-refractivity contribution >= 4 is 10.8 Å². The molecule has 0 aliphatic heterocycles. The SMILES string of the molecule is COc1ccc(-n2c(C)c3cnn(-c4ccccn4)c(=O)c3c2C)cn1. The van der Waals surface area contributed by atoms with Crippen molar-refractivity contribution < 1.29 is 4.74 Å². The summed E-state index contributed by atoms with van der Waals surface area (Å²) in [4.78, 5) is 21.5. The molecule has 4 heterocycles. The van der Waals surface area contributed by atoms with E-state index >= 15 is 0 Å². The van der Waals surface area contributed by atoms with Crippen LogP contribution in [0.4, 0.5) is 0 Å². The van der Waals surface area contributed by atoms with Gasteiger partial charge in [-0.3, -0.25) is 4.79 Å². The minimum atomic E-state index is -0.193. The molecule has 0 saturated carbocycles. The molecular formula is C19H17N5O2. The molecule has 4 rings (SSSR count). The Kier molecular flexibility index (Phi) is 3.76. The van der Waals surface area contributed by atoms with Crippen LogP contribution in [-0.4, -0.2) is 31.4 Å². The predicted octanol–water partition coefficient (Wildman–Crippen LogP) is 2.59. The molecule has 0 aliphatic rings. The molecule has 0 saturated heterocycles. The maximum Gasteiger partial charge on any atom is 0.282 e. The maximum absolute atomic E-state index is 13.1. The first-order valence-corrected chi connectivity index (χ1v) is 8.13. The van der Waals surface area contributed by atoms with Gasteiger partial charge in [-0.1, -0.05) is 6.07 Å². The van der Waals surface area contributed by atoms with E-state index in [1.165, 1.54) is 4.68 Å². The number of aryl methyl sites for hydroxylation is 2. The molecule has 0 spiro atoms. The molecule has 0 aliphatic carbocycles. The normalized spacial score (nSPS) is 11.0. The molecule has 0 radical (unpaired) electrons. The van der Waals surface area contributed by atoms with Crippen molar-refractivity contribution in [3.8, 4) is 17.4 Å². The first-order chi connectivity index (χ1) is 12.6. The molecule has 130 valence electrons. The summed E-state index contributed by atoms with van der Waals surface area (Å²) in [7, 11) is 1.58. The number of nitrogens with zero attached hydrogens (tertiary/aromatic N) is 5. The molecule has 7 heteroatoms. The van der Waals surface area contributed by atoms with Gasteiger partial charge in [0.2, 0.25) is 5.88 Å². The fraction of sp³-hybridized carbons (Fsp3) is 0.158. The van der Waals surface area contributed by atoms with Crippen LogP contribution in [0.5, 0.6) is 5.88 Å². The van der Waals surface area contributed by atoms with E-state index in [2.05, 4.69) is 15.1 Å². The summed E-state index contributed by atoms with van der Waals surface area (Å²) in [6.45, 7) is 3.88. The van der Waals surface area contributed by atoms with Gasteiger partial charge in [-0.25, -0.2) is 9.97 Å². The van der Waals surface area contributed by atoms with Crippen molar-refractivity contribution in [3.63, 3.8) is 0 Å². The number of fused-ring (bicyclic) bond motifs is 1. The van der Waals surface area contributed by atoms with Crippen molar-refractivity contribution in [3.05, 3.63) is 70.7 Å². The topological polar surface area (TPSA) is 74.8 Å². The molecule has 0 amide bonds. The van der Waals surface area contributed by atoms with Gasteiger partial charge < -0.3 is 9.30 Å². The minimum Gasteiger partial charge on any atom is -0.481 e. The van der Waals surface area contributed by atoms with Crippen LogP contribution in [0.1, 0.15) is 11.4 Å². The average molecular weight is 347 g/mol. The molecule has 7 nitrogen and oxygen atoms in total. The summed E-state index contributed by atoms with van der Waals surface area (Å²) >= 11 is 0. The maximum atomic E-state index is 13.1. The van der Waals surface area contributed by atoms with Crippen LogP contribution in [-0.2, 0) is 0 Å². The lowest BCUT2D eigenvalue weighted by Gasteiger charge is -2.09. The van der Waals surface area contributed by atoms with E-state index in [4.69, 9.17) is 4.74 Å². The van der Waals surface area contributed by atoms with Crippen LogP contribution in [0.15, 0.2) is 53.7 Å². The number of hydrogen-bond donors (Lipinski definition) is 0. The highest BCUT2D eigenvalue weighted by atomic mass is 16.5. The fourth-order valence-electron chi connectivity index (χ4n) is 3.22. The van der Waals surface area contributed by atoms with Gasteiger partial charge in [-0.15, -0.1) is 0 Å². The molecule has 4 aromatic rings. The molecule has 0 fully saturated rings. The number of ether oxygens (including phenoxy) is 1. The molecule has 0 bridgehead atoms. The Morgan fingerprint density at radius 2 is 1.85 bits per heavy atom. The number of methoxy groups -OCH3 is 1. The molecule has 0 aromatic carbocycles. The molecule has 0 N–H and O–H groups in total. The van der Waals surface area contributed by atoms with Gasteiger partial charge in [0.05, 0.1) is 30.6 Å². The molecule has 26 heavy (non-hydrogen) atoms. The van der Waals surface area contributed by atoms with Crippen LogP contribution in [0.3, 0.4) is 0 Å². The fourth-order valence-corrected chi connectivity index (χ4v) is 3.22. The van der Waals surface area contributed by atoms with Crippen molar-refractivity contribution in [2.45, 2.75) is 13.8 Å². The van der Waals surface area contributed by atoms with Crippen molar-refractivity contribution in [1.29, 1.82) is 0 Å². The molecule has 0 unspecified atom stereocenters. The standard InChI is InChI=1S/C19H17N5O2/c1-12-15-11-22-24(16-6-4-5-9-20-16)19(25)18(15)13(2)23(12)14-7-8-17(26-3)21-10-14/h4-11H,1-3H3. The summed E-state index contributed by atoms with van der Waals surface area (Å²) in [5.74, 6) is 1.04. The third kappa shape index (κ3) is 2.36. The third-order valence-electron chi connectivity index (χ3n) is 4.45. The Labute approximate surface area is 149 Å². The summed E-state index contributed by atoms with van der Waals surface area (Å²) in [5.41, 5.74) is 2.44. The second-order valence-corrected chi connectivity index (χ2v) is 5.90. The van der Waals surface area contributed by atoms with Gasteiger partial charge in [0.15, 0.2) is 5.82 Å². The highest BCUT2D eigenvalue weighted by molar-refractivity contribution is 5.88. The van der Waals surface area contributed by atoms with E-state index in [1.54, 1.807) is 43.9 Å².